The highest BCUT2D eigenvalue weighted by molar-refractivity contribution is 5.85. The maximum absolute atomic E-state index is 3.44. The molecule has 0 unspecified atom stereocenters. The van der Waals surface area contributed by atoms with Crippen LogP contribution < -0.4 is 5.32 Å². The third kappa shape index (κ3) is 2.23. The van der Waals surface area contributed by atoms with Gasteiger partial charge in [-0.3, -0.25) is 0 Å². The first-order valence-electron chi connectivity index (χ1n) is 4.66. The van der Waals surface area contributed by atoms with Crippen LogP contribution in [0, 0.1) is 6.92 Å². The Balaban J connectivity index is 0.000000845. The summed E-state index contributed by atoms with van der Waals surface area (Å²) in [6.07, 6.45) is 2.51. The molecule has 72 valence electrons. The molecule has 1 aliphatic heterocycles. The molecule has 1 heterocycles. The fourth-order valence-corrected chi connectivity index (χ4v) is 1.87. The molecule has 0 atom stereocenters. The van der Waals surface area contributed by atoms with Gasteiger partial charge < -0.3 is 5.32 Å². The van der Waals surface area contributed by atoms with Crippen molar-refractivity contribution in [2.45, 2.75) is 26.3 Å². The monoisotopic (exact) mass is 197 g/mol. The summed E-state index contributed by atoms with van der Waals surface area (Å²) in [6.45, 7) is 4.42. The number of rotatable bonds is 0. The molecule has 13 heavy (non-hydrogen) atoms. The highest BCUT2D eigenvalue weighted by atomic mass is 35.5. The first-order chi connectivity index (χ1) is 5.88. The van der Waals surface area contributed by atoms with Gasteiger partial charge in [0.15, 0.2) is 0 Å². The van der Waals surface area contributed by atoms with Gasteiger partial charge in [-0.2, -0.15) is 0 Å². The molecule has 0 spiro atoms. The first-order valence-corrected chi connectivity index (χ1v) is 4.66. The Morgan fingerprint density at radius 1 is 1.31 bits per heavy atom. The predicted molar refractivity (Wildman–Crippen MR) is 58.5 cm³/mol. The molecule has 1 nitrogen and oxygen atoms in total. The molecule has 1 aromatic carbocycles. The molecule has 0 saturated heterocycles. The van der Waals surface area contributed by atoms with E-state index in [1.54, 1.807) is 5.56 Å². The Morgan fingerprint density at radius 2 is 2.15 bits per heavy atom. The van der Waals surface area contributed by atoms with Crippen LogP contribution in [0.5, 0.6) is 0 Å². The van der Waals surface area contributed by atoms with Gasteiger partial charge in [0, 0.05) is 6.54 Å². The molecule has 1 N–H and O–H groups in total. The number of aryl methyl sites for hydroxylation is 2. The highest BCUT2D eigenvalue weighted by Gasteiger charge is 2.07. The Kier molecular flexibility index (Phi) is 3.76. The van der Waals surface area contributed by atoms with E-state index in [-0.39, 0.29) is 12.4 Å². The Labute approximate surface area is 86.0 Å². The van der Waals surface area contributed by atoms with Gasteiger partial charge in [-0.15, -0.1) is 12.4 Å². The second-order valence-electron chi connectivity index (χ2n) is 3.49. The van der Waals surface area contributed by atoms with E-state index in [0.29, 0.717) is 0 Å². The van der Waals surface area contributed by atoms with Gasteiger partial charge in [-0.05, 0) is 43.0 Å². The highest BCUT2D eigenvalue weighted by Crippen LogP contribution is 2.17. The lowest BCUT2D eigenvalue weighted by molar-refractivity contribution is 0.679. The number of nitrogens with one attached hydrogen (secondary N) is 1. The molecule has 1 aromatic rings. The average molecular weight is 198 g/mol. The molecule has 0 radical (unpaired) electrons. The number of hydrogen-bond donors (Lipinski definition) is 1. The molecule has 0 fully saturated rings. The van der Waals surface area contributed by atoms with Crippen LogP contribution in [0.4, 0.5) is 0 Å². The van der Waals surface area contributed by atoms with Crippen molar-refractivity contribution in [2.75, 3.05) is 6.54 Å². The van der Waals surface area contributed by atoms with Gasteiger partial charge >= 0.3 is 0 Å². The molecule has 0 saturated carbocycles. The summed E-state index contributed by atoms with van der Waals surface area (Å²) in [7, 11) is 0. The Hall–Kier alpha value is -0.530. The van der Waals surface area contributed by atoms with Crippen LogP contribution in [0.25, 0.3) is 0 Å². The Morgan fingerprint density at radius 3 is 3.00 bits per heavy atom. The van der Waals surface area contributed by atoms with E-state index in [1.807, 2.05) is 0 Å². The van der Waals surface area contributed by atoms with Gasteiger partial charge in [0.2, 0.25) is 0 Å². The molecule has 1 aliphatic rings. The molecular formula is C11H16ClN. The minimum Gasteiger partial charge on any atom is -0.313 e. The lowest BCUT2D eigenvalue weighted by Gasteiger charge is -2.07. The normalized spacial score (nSPS) is 15.5. The minimum absolute atomic E-state index is 0. The van der Waals surface area contributed by atoms with E-state index in [9.17, 15) is 0 Å². The third-order valence-corrected chi connectivity index (χ3v) is 2.61. The molecule has 2 heteroatoms. The van der Waals surface area contributed by atoms with Crippen molar-refractivity contribution in [1.29, 1.82) is 0 Å². The number of fused-ring (bicyclic) bond motifs is 1. The molecule has 0 amide bonds. The summed E-state index contributed by atoms with van der Waals surface area (Å²) in [5.74, 6) is 0. The molecule has 2 rings (SSSR count). The fourth-order valence-electron chi connectivity index (χ4n) is 1.87. The van der Waals surface area contributed by atoms with Crippen LogP contribution in [0.2, 0.25) is 0 Å². The van der Waals surface area contributed by atoms with E-state index < -0.39 is 0 Å². The number of hydrogen-bond acceptors (Lipinski definition) is 1. The van der Waals surface area contributed by atoms with Crippen molar-refractivity contribution >= 4 is 12.4 Å². The van der Waals surface area contributed by atoms with Crippen molar-refractivity contribution in [1.82, 2.24) is 5.32 Å². The zero-order chi connectivity index (χ0) is 8.39. The van der Waals surface area contributed by atoms with E-state index in [0.717, 1.165) is 13.1 Å². The zero-order valence-corrected chi connectivity index (χ0v) is 8.79. The van der Waals surface area contributed by atoms with Gasteiger partial charge in [0.25, 0.3) is 0 Å². The molecule has 0 aliphatic carbocycles. The second-order valence-corrected chi connectivity index (χ2v) is 3.49. The predicted octanol–water partition coefficient (Wildman–Crippen LogP) is 2.45. The lowest BCUT2D eigenvalue weighted by atomic mass is 10.00. The van der Waals surface area contributed by atoms with Crippen LogP contribution in [0.1, 0.15) is 23.1 Å². The Bertz CT molecular complexity index is 283. The minimum atomic E-state index is 0. The van der Waals surface area contributed by atoms with Crippen molar-refractivity contribution < 1.29 is 0 Å². The van der Waals surface area contributed by atoms with E-state index in [2.05, 4.69) is 30.4 Å². The van der Waals surface area contributed by atoms with Crippen LogP contribution in [-0.2, 0) is 13.0 Å². The summed E-state index contributed by atoms with van der Waals surface area (Å²) in [5, 5.41) is 3.44. The quantitative estimate of drug-likeness (QED) is 0.674. The van der Waals surface area contributed by atoms with Crippen molar-refractivity contribution in [3.8, 4) is 0 Å². The largest absolute Gasteiger partial charge is 0.313 e. The average Bonchev–Trinajstić information content (AvgIpc) is 2.30. The maximum Gasteiger partial charge on any atom is 0.0210 e. The number of benzene rings is 1. The van der Waals surface area contributed by atoms with Crippen LogP contribution in [0.3, 0.4) is 0 Å². The summed E-state index contributed by atoms with van der Waals surface area (Å²) in [4.78, 5) is 0. The topological polar surface area (TPSA) is 12.0 Å². The summed E-state index contributed by atoms with van der Waals surface area (Å²) in [6, 6.07) is 6.63. The van der Waals surface area contributed by atoms with Crippen molar-refractivity contribution in [3.05, 3.63) is 34.9 Å². The third-order valence-electron chi connectivity index (χ3n) is 2.61. The second kappa shape index (κ2) is 4.64. The SMILES string of the molecule is Cc1cccc2c1CNCCC2.Cl. The van der Waals surface area contributed by atoms with E-state index in [1.165, 1.54) is 24.0 Å². The summed E-state index contributed by atoms with van der Waals surface area (Å²) in [5.41, 5.74) is 4.50. The van der Waals surface area contributed by atoms with Crippen molar-refractivity contribution in [2.24, 2.45) is 0 Å². The molecule has 0 aromatic heterocycles. The lowest BCUT2D eigenvalue weighted by Crippen LogP contribution is -2.12. The van der Waals surface area contributed by atoms with Crippen molar-refractivity contribution in [3.63, 3.8) is 0 Å². The smallest absolute Gasteiger partial charge is 0.0210 e. The summed E-state index contributed by atoms with van der Waals surface area (Å²) < 4.78 is 0. The van der Waals surface area contributed by atoms with Crippen LogP contribution >= 0.6 is 12.4 Å². The van der Waals surface area contributed by atoms with Gasteiger partial charge in [-0.25, -0.2) is 0 Å². The molecular weight excluding hydrogens is 182 g/mol. The zero-order valence-electron chi connectivity index (χ0n) is 7.97. The van der Waals surface area contributed by atoms with Gasteiger partial charge in [0.05, 0.1) is 0 Å². The van der Waals surface area contributed by atoms with E-state index >= 15 is 0 Å². The van der Waals surface area contributed by atoms with Crippen LogP contribution in [-0.4, -0.2) is 6.54 Å². The maximum atomic E-state index is 3.44. The fraction of sp³-hybridized carbons (Fsp3) is 0.455. The van der Waals surface area contributed by atoms with Gasteiger partial charge in [0.1, 0.15) is 0 Å². The van der Waals surface area contributed by atoms with Crippen LogP contribution in [0.15, 0.2) is 18.2 Å². The standard InChI is InChI=1S/C11H15N.ClH/c1-9-4-2-5-10-6-3-7-12-8-11(9)10;/h2,4-5,12H,3,6-8H2,1H3;1H. The van der Waals surface area contributed by atoms with E-state index in [4.69, 9.17) is 0 Å². The first kappa shape index (κ1) is 10.6. The molecule has 0 bridgehead atoms. The summed E-state index contributed by atoms with van der Waals surface area (Å²) >= 11 is 0. The number of halogens is 1. The van der Waals surface area contributed by atoms with Gasteiger partial charge in [-0.1, -0.05) is 18.2 Å².